The molecule has 1 aliphatic rings. The van der Waals surface area contributed by atoms with Crippen molar-refractivity contribution in [1.29, 1.82) is 0 Å². The number of hydrogen-bond donors (Lipinski definition) is 2. The summed E-state index contributed by atoms with van der Waals surface area (Å²) >= 11 is 0. The molecule has 5 nitrogen and oxygen atoms in total. The van der Waals surface area contributed by atoms with E-state index in [1.807, 2.05) is 20.8 Å². The van der Waals surface area contributed by atoms with Crippen LogP contribution < -0.4 is 5.32 Å². The molecule has 0 heterocycles. The average Bonchev–Trinajstić information content (AvgIpc) is 2.38. The summed E-state index contributed by atoms with van der Waals surface area (Å²) in [6, 6.07) is 0.468. The predicted octanol–water partition coefficient (Wildman–Crippen LogP) is 2.53. The van der Waals surface area contributed by atoms with Gasteiger partial charge in [-0.05, 0) is 52.9 Å². The van der Waals surface area contributed by atoms with Gasteiger partial charge in [-0.3, -0.25) is 0 Å². The first kappa shape index (κ1) is 18.2. The van der Waals surface area contributed by atoms with Crippen LogP contribution in [0.1, 0.15) is 59.8 Å². The Kier molecular flexibility index (Phi) is 7.46. The lowest BCUT2D eigenvalue weighted by molar-refractivity contribution is 0.0249. The van der Waals surface area contributed by atoms with Gasteiger partial charge in [-0.1, -0.05) is 6.92 Å². The molecule has 1 rings (SSSR count). The van der Waals surface area contributed by atoms with Crippen molar-refractivity contribution >= 4 is 6.09 Å². The molecule has 21 heavy (non-hydrogen) atoms. The van der Waals surface area contributed by atoms with Gasteiger partial charge in [0, 0.05) is 25.7 Å². The van der Waals surface area contributed by atoms with Crippen LogP contribution in [0.5, 0.6) is 0 Å². The van der Waals surface area contributed by atoms with Crippen molar-refractivity contribution in [1.82, 2.24) is 10.2 Å². The highest BCUT2D eigenvalue weighted by Crippen LogP contribution is 2.18. The van der Waals surface area contributed by atoms with Crippen molar-refractivity contribution in [2.75, 3.05) is 19.6 Å². The summed E-state index contributed by atoms with van der Waals surface area (Å²) in [7, 11) is 0. The smallest absolute Gasteiger partial charge is 0.410 e. The van der Waals surface area contributed by atoms with Gasteiger partial charge in [0.25, 0.3) is 0 Å². The van der Waals surface area contributed by atoms with Gasteiger partial charge in [0.2, 0.25) is 0 Å². The topological polar surface area (TPSA) is 61.8 Å². The molecule has 1 aliphatic carbocycles. The van der Waals surface area contributed by atoms with Crippen LogP contribution in [-0.2, 0) is 4.74 Å². The molecule has 2 N–H and O–H groups in total. The fraction of sp³-hybridized carbons (Fsp3) is 0.938. The number of rotatable bonds is 6. The average molecular weight is 300 g/mol. The normalized spacial score (nSPS) is 22.9. The number of aliphatic hydroxyl groups excluding tert-OH is 1. The summed E-state index contributed by atoms with van der Waals surface area (Å²) in [6.45, 7) is 9.90. The Morgan fingerprint density at radius 3 is 2.38 bits per heavy atom. The fourth-order valence-electron chi connectivity index (χ4n) is 2.57. The molecule has 0 saturated heterocycles. The molecule has 0 aromatic rings. The summed E-state index contributed by atoms with van der Waals surface area (Å²) < 4.78 is 5.44. The summed E-state index contributed by atoms with van der Waals surface area (Å²) in [6.07, 6.45) is 4.36. The summed E-state index contributed by atoms with van der Waals surface area (Å²) in [5.74, 6) is 0. The third kappa shape index (κ3) is 7.67. The van der Waals surface area contributed by atoms with Crippen LogP contribution in [0.4, 0.5) is 4.79 Å². The van der Waals surface area contributed by atoms with E-state index in [0.717, 1.165) is 45.2 Å². The molecular weight excluding hydrogens is 268 g/mol. The monoisotopic (exact) mass is 300 g/mol. The summed E-state index contributed by atoms with van der Waals surface area (Å²) in [5, 5.41) is 13.0. The molecule has 0 spiro atoms. The second-order valence-electron chi connectivity index (χ2n) is 6.93. The quantitative estimate of drug-likeness (QED) is 0.791. The van der Waals surface area contributed by atoms with Crippen molar-refractivity contribution in [3.63, 3.8) is 0 Å². The Bertz CT molecular complexity index is 307. The Morgan fingerprint density at radius 1 is 1.24 bits per heavy atom. The van der Waals surface area contributed by atoms with Crippen LogP contribution >= 0.6 is 0 Å². The van der Waals surface area contributed by atoms with E-state index in [2.05, 4.69) is 12.2 Å². The van der Waals surface area contributed by atoms with Crippen LogP contribution in [0.3, 0.4) is 0 Å². The molecule has 0 radical (unpaired) electrons. The largest absolute Gasteiger partial charge is 0.444 e. The van der Waals surface area contributed by atoms with Crippen LogP contribution in [-0.4, -0.2) is 53.5 Å². The van der Waals surface area contributed by atoms with Gasteiger partial charge in [0.15, 0.2) is 0 Å². The first-order valence-electron chi connectivity index (χ1n) is 8.21. The molecule has 0 bridgehead atoms. The number of hydrogen-bond acceptors (Lipinski definition) is 4. The molecule has 0 aromatic carbocycles. The standard InChI is InChI=1S/C16H32N2O3/c1-5-11-18(15(20)21-16(2,3)4)12-10-17-13-6-8-14(19)9-7-13/h13-14,17,19H,5-12H2,1-4H3. The zero-order valence-electron chi connectivity index (χ0n) is 14.0. The van der Waals surface area contributed by atoms with Crippen LogP contribution in [0.15, 0.2) is 0 Å². The van der Waals surface area contributed by atoms with Gasteiger partial charge >= 0.3 is 6.09 Å². The molecule has 124 valence electrons. The number of amides is 1. The van der Waals surface area contributed by atoms with Crippen molar-refractivity contribution in [2.24, 2.45) is 0 Å². The van der Waals surface area contributed by atoms with Gasteiger partial charge in [0.1, 0.15) is 5.60 Å². The highest BCUT2D eigenvalue weighted by Gasteiger charge is 2.22. The molecule has 0 atom stereocenters. The first-order valence-corrected chi connectivity index (χ1v) is 8.21. The van der Waals surface area contributed by atoms with E-state index in [-0.39, 0.29) is 12.2 Å². The van der Waals surface area contributed by atoms with E-state index < -0.39 is 5.60 Å². The molecular formula is C16H32N2O3. The minimum atomic E-state index is -0.448. The zero-order valence-corrected chi connectivity index (χ0v) is 14.0. The van der Waals surface area contributed by atoms with Gasteiger partial charge < -0.3 is 20.1 Å². The van der Waals surface area contributed by atoms with Crippen molar-refractivity contribution in [2.45, 2.75) is 77.5 Å². The van der Waals surface area contributed by atoms with Crippen LogP contribution in [0.25, 0.3) is 0 Å². The van der Waals surface area contributed by atoms with E-state index in [9.17, 15) is 9.90 Å². The number of aliphatic hydroxyl groups is 1. The van der Waals surface area contributed by atoms with E-state index in [0.29, 0.717) is 12.6 Å². The minimum absolute atomic E-state index is 0.124. The maximum atomic E-state index is 12.1. The third-order valence-corrected chi connectivity index (χ3v) is 3.66. The molecule has 0 aromatic heterocycles. The SMILES string of the molecule is CCCN(CCNC1CCC(O)CC1)C(=O)OC(C)(C)C. The van der Waals surface area contributed by atoms with E-state index in [4.69, 9.17) is 4.74 Å². The third-order valence-electron chi connectivity index (χ3n) is 3.66. The Morgan fingerprint density at radius 2 is 1.86 bits per heavy atom. The molecule has 5 heteroatoms. The zero-order chi connectivity index (χ0) is 15.9. The Labute approximate surface area is 129 Å². The van der Waals surface area contributed by atoms with Crippen LogP contribution in [0, 0.1) is 0 Å². The predicted molar refractivity (Wildman–Crippen MR) is 84.4 cm³/mol. The highest BCUT2D eigenvalue weighted by molar-refractivity contribution is 5.68. The molecule has 0 aliphatic heterocycles. The molecule has 1 amide bonds. The number of nitrogens with zero attached hydrogens (tertiary/aromatic N) is 1. The van der Waals surface area contributed by atoms with Gasteiger partial charge in [-0.2, -0.15) is 0 Å². The Hall–Kier alpha value is -0.810. The number of ether oxygens (including phenoxy) is 1. The summed E-state index contributed by atoms with van der Waals surface area (Å²) in [5.41, 5.74) is -0.448. The van der Waals surface area contributed by atoms with E-state index in [1.165, 1.54) is 0 Å². The van der Waals surface area contributed by atoms with Gasteiger partial charge in [-0.15, -0.1) is 0 Å². The van der Waals surface area contributed by atoms with Crippen molar-refractivity contribution < 1.29 is 14.6 Å². The van der Waals surface area contributed by atoms with Crippen LogP contribution in [0.2, 0.25) is 0 Å². The summed E-state index contributed by atoms with van der Waals surface area (Å²) in [4.78, 5) is 13.9. The maximum Gasteiger partial charge on any atom is 0.410 e. The number of nitrogens with one attached hydrogen (secondary N) is 1. The lowest BCUT2D eigenvalue weighted by Gasteiger charge is -2.29. The lowest BCUT2D eigenvalue weighted by Crippen LogP contribution is -2.43. The number of carbonyl (C=O) groups excluding carboxylic acids is 1. The molecule has 1 fully saturated rings. The second kappa shape index (κ2) is 8.59. The first-order chi connectivity index (χ1) is 9.81. The fourth-order valence-corrected chi connectivity index (χ4v) is 2.57. The van der Waals surface area contributed by atoms with Gasteiger partial charge in [-0.25, -0.2) is 4.79 Å². The molecule has 1 saturated carbocycles. The van der Waals surface area contributed by atoms with Crippen molar-refractivity contribution in [3.8, 4) is 0 Å². The van der Waals surface area contributed by atoms with Crippen molar-refractivity contribution in [3.05, 3.63) is 0 Å². The van der Waals surface area contributed by atoms with Gasteiger partial charge in [0.05, 0.1) is 6.10 Å². The van der Waals surface area contributed by atoms with E-state index >= 15 is 0 Å². The lowest BCUT2D eigenvalue weighted by atomic mass is 9.93. The number of carbonyl (C=O) groups is 1. The minimum Gasteiger partial charge on any atom is -0.444 e. The molecule has 0 unspecified atom stereocenters. The highest BCUT2D eigenvalue weighted by atomic mass is 16.6. The van der Waals surface area contributed by atoms with E-state index in [1.54, 1.807) is 4.90 Å². The maximum absolute atomic E-state index is 12.1. The Balaban J connectivity index is 2.32. The second-order valence-corrected chi connectivity index (χ2v) is 6.93.